The minimum Gasteiger partial charge on any atom is -0.484 e. The van der Waals surface area contributed by atoms with Crippen LogP contribution in [0.25, 0.3) is 0 Å². The van der Waals surface area contributed by atoms with Crippen molar-refractivity contribution in [1.82, 2.24) is 10.2 Å². The number of carboxylic acids is 1. The number of amides is 2. The highest BCUT2D eigenvalue weighted by Crippen LogP contribution is 2.44. The van der Waals surface area contributed by atoms with E-state index in [9.17, 15) is 19.5 Å². The summed E-state index contributed by atoms with van der Waals surface area (Å²) in [6, 6.07) is 8.02. The summed E-state index contributed by atoms with van der Waals surface area (Å²) in [5.74, 6) is -1.56. The van der Waals surface area contributed by atoms with Gasteiger partial charge in [-0.05, 0) is 24.6 Å². The molecular weight excluding hydrogens is 360 g/mol. The third-order valence-corrected chi connectivity index (χ3v) is 5.68. The van der Waals surface area contributed by atoms with E-state index in [1.807, 2.05) is 6.07 Å². The third kappa shape index (κ3) is 3.27. The number of nitrogens with zero attached hydrogens (tertiary/aromatic N) is 1. The van der Waals surface area contributed by atoms with Crippen LogP contribution >= 0.6 is 11.8 Å². The van der Waals surface area contributed by atoms with Gasteiger partial charge in [0.05, 0.1) is 0 Å². The fourth-order valence-corrected chi connectivity index (χ4v) is 4.24. The van der Waals surface area contributed by atoms with Crippen LogP contribution in [-0.2, 0) is 19.1 Å². The van der Waals surface area contributed by atoms with Gasteiger partial charge in [0, 0.05) is 7.11 Å². The molecule has 0 aliphatic carbocycles. The molecule has 3 atom stereocenters. The molecule has 0 saturated carbocycles. The minimum absolute atomic E-state index is 0.0864. The molecule has 2 amide bonds. The number of methoxy groups -OCH3 is 1. The summed E-state index contributed by atoms with van der Waals surface area (Å²) < 4.78 is 10.7. The Morgan fingerprint density at radius 2 is 2.00 bits per heavy atom. The van der Waals surface area contributed by atoms with E-state index < -0.39 is 34.6 Å². The maximum Gasteiger partial charge on any atom is 0.352 e. The van der Waals surface area contributed by atoms with Crippen molar-refractivity contribution in [2.24, 2.45) is 0 Å². The molecule has 1 saturated heterocycles. The first kappa shape index (κ1) is 18.3. The smallest absolute Gasteiger partial charge is 0.352 e. The van der Waals surface area contributed by atoms with Crippen LogP contribution in [0.2, 0.25) is 0 Å². The van der Waals surface area contributed by atoms with Crippen molar-refractivity contribution in [2.75, 3.05) is 13.7 Å². The lowest BCUT2D eigenvalue weighted by Crippen LogP contribution is -2.71. The van der Waals surface area contributed by atoms with Gasteiger partial charge in [0.2, 0.25) is 0 Å². The second kappa shape index (κ2) is 7.38. The Labute approximate surface area is 154 Å². The predicted molar refractivity (Wildman–Crippen MR) is 93.2 cm³/mol. The minimum atomic E-state index is -1.19. The normalized spacial score (nSPS) is 24.6. The first-order valence-electron chi connectivity index (χ1n) is 7.86. The van der Waals surface area contributed by atoms with Gasteiger partial charge in [-0.25, -0.2) is 4.79 Å². The lowest BCUT2D eigenvalue weighted by atomic mass is 10.0. The standard InChI is InChI=1S/C17H18N2O6S/c1-9-13(16(22)23)19-14(21)12(15(19)26-17(9)24-2)18-11(20)8-25-10-6-4-3-5-7-10/h3-7,12,15,17H,8H2,1-2H3,(H,18,20)(H,22,23)/t12-,15-,17-/m0/s1. The van der Waals surface area contributed by atoms with Gasteiger partial charge in [0.15, 0.2) is 6.61 Å². The lowest BCUT2D eigenvalue weighted by Gasteiger charge is -2.50. The van der Waals surface area contributed by atoms with Crippen molar-refractivity contribution >= 4 is 29.5 Å². The van der Waals surface area contributed by atoms with Crippen LogP contribution in [0.15, 0.2) is 41.6 Å². The third-order valence-electron chi connectivity index (χ3n) is 4.12. The summed E-state index contributed by atoms with van der Waals surface area (Å²) in [6.45, 7) is 1.38. The maximum absolute atomic E-state index is 12.4. The Hall–Kier alpha value is -2.52. The van der Waals surface area contributed by atoms with E-state index >= 15 is 0 Å². The van der Waals surface area contributed by atoms with Gasteiger partial charge < -0.3 is 19.9 Å². The van der Waals surface area contributed by atoms with Gasteiger partial charge in [-0.15, -0.1) is 0 Å². The van der Waals surface area contributed by atoms with Crippen LogP contribution in [0.3, 0.4) is 0 Å². The number of rotatable bonds is 6. The van der Waals surface area contributed by atoms with Crippen LogP contribution in [0, 0.1) is 0 Å². The molecule has 1 aromatic rings. The zero-order chi connectivity index (χ0) is 18.8. The Balaban J connectivity index is 1.65. The van der Waals surface area contributed by atoms with Crippen molar-refractivity contribution in [3.8, 4) is 5.75 Å². The fourth-order valence-electron chi connectivity index (χ4n) is 2.89. The summed E-state index contributed by atoms with van der Waals surface area (Å²) in [4.78, 5) is 37.2. The van der Waals surface area contributed by atoms with E-state index in [2.05, 4.69) is 5.32 Å². The highest BCUT2D eigenvalue weighted by atomic mass is 32.2. The number of fused-ring (bicyclic) bond motifs is 1. The molecule has 9 heteroatoms. The van der Waals surface area contributed by atoms with Crippen molar-refractivity contribution in [2.45, 2.75) is 23.8 Å². The van der Waals surface area contributed by atoms with Crippen LogP contribution < -0.4 is 10.1 Å². The summed E-state index contributed by atoms with van der Waals surface area (Å²) >= 11 is 1.28. The molecule has 0 bridgehead atoms. The van der Waals surface area contributed by atoms with Crippen LogP contribution in [0.5, 0.6) is 5.75 Å². The van der Waals surface area contributed by atoms with Crippen LogP contribution in [0.1, 0.15) is 6.92 Å². The van der Waals surface area contributed by atoms with Crippen LogP contribution in [-0.4, -0.2) is 58.4 Å². The van der Waals surface area contributed by atoms with Gasteiger partial charge in [-0.3, -0.25) is 14.5 Å². The molecule has 0 unspecified atom stereocenters. The SMILES string of the molecule is CO[C@H]1S[C@H]2[C@@H](NC(=O)COc3ccccc3)C(=O)N2C(C(=O)O)=C1C. The van der Waals surface area contributed by atoms with Crippen molar-refractivity contribution in [3.05, 3.63) is 41.6 Å². The first-order chi connectivity index (χ1) is 12.4. The summed E-state index contributed by atoms with van der Waals surface area (Å²) in [6.07, 6.45) is 0. The van der Waals surface area contributed by atoms with E-state index in [4.69, 9.17) is 9.47 Å². The number of carboxylic acid groups (broad SMARTS) is 1. The first-order valence-corrected chi connectivity index (χ1v) is 8.81. The number of hydrogen-bond donors (Lipinski definition) is 2. The molecule has 0 aromatic heterocycles. The molecule has 2 heterocycles. The number of carbonyl (C=O) groups is 3. The second-order valence-electron chi connectivity index (χ2n) is 5.79. The highest BCUT2D eigenvalue weighted by Gasteiger charge is 2.55. The molecule has 138 valence electrons. The van der Waals surface area contributed by atoms with Crippen molar-refractivity contribution in [1.29, 1.82) is 0 Å². The van der Waals surface area contributed by atoms with E-state index in [0.717, 1.165) is 0 Å². The summed E-state index contributed by atoms with van der Waals surface area (Å²) in [5, 5.41) is 11.5. The number of nitrogens with one attached hydrogen (secondary N) is 1. The van der Waals surface area contributed by atoms with E-state index in [-0.39, 0.29) is 12.3 Å². The Bertz CT molecular complexity index is 766. The molecule has 2 N–H and O–H groups in total. The number of carbonyl (C=O) groups excluding carboxylic acids is 2. The molecule has 2 aliphatic heterocycles. The largest absolute Gasteiger partial charge is 0.484 e. The average Bonchev–Trinajstić information content (AvgIpc) is 2.64. The number of benzene rings is 1. The van der Waals surface area contributed by atoms with Crippen molar-refractivity contribution in [3.63, 3.8) is 0 Å². The molecular formula is C17H18N2O6S. The van der Waals surface area contributed by atoms with Crippen LogP contribution in [0.4, 0.5) is 0 Å². The average molecular weight is 378 g/mol. The van der Waals surface area contributed by atoms with Gasteiger partial charge in [-0.2, -0.15) is 0 Å². The molecule has 0 radical (unpaired) electrons. The second-order valence-corrected chi connectivity index (χ2v) is 6.97. The molecule has 1 fully saturated rings. The zero-order valence-corrected chi connectivity index (χ0v) is 15.0. The van der Waals surface area contributed by atoms with Crippen molar-refractivity contribution < 1.29 is 29.0 Å². The molecule has 8 nitrogen and oxygen atoms in total. The number of thioether (sulfide) groups is 1. The van der Waals surface area contributed by atoms with Gasteiger partial charge in [0.25, 0.3) is 11.8 Å². The Morgan fingerprint density at radius 1 is 1.31 bits per heavy atom. The Kier molecular flexibility index (Phi) is 5.19. The molecule has 3 rings (SSSR count). The molecule has 0 spiro atoms. The number of hydrogen-bond acceptors (Lipinski definition) is 6. The highest BCUT2D eigenvalue weighted by molar-refractivity contribution is 8.00. The molecule has 26 heavy (non-hydrogen) atoms. The van der Waals surface area contributed by atoms with Gasteiger partial charge >= 0.3 is 5.97 Å². The monoisotopic (exact) mass is 378 g/mol. The number of ether oxygens (including phenoxy) is 2. The zero-order valence-electron chi connectivity index (χ0n) is 14.2. The summed E-state index contributed by atoms with van der Waals surface area (Å²) in [7, 11) is 1.47. The van der Waals surface area contributed by atoms with E-state index in [1.165, 1.54) is 23.8 Å². The van der Waals surface area contributed by atoms with E-state index in [1.54, 1.807) is 31.2 Å². The predicted octanol–water partition coefficient (Wildman–Crippen LogP) is 0.796. The Morgan fingerprint density at radius 3 is 2.62 bits per heavy atom. The topological polar surface area (TPSA) is 105 Å². The number of aliphatic carboxylic acids is 1. The lowest BCUT2D eigenvalue weighted by molar-refractivity contribution is -0.151. The molecule has 2 aliphatic rings. The number of β-lactam (4-membered cyclic amide) rings is 1. The van der Waals surface area contributed by atoms with E-state index in [0.29, 0.717) is 11.3 Å². The number of para-hydroxylation sites is 1. The summed E-state index contributed by atoms with van der Waals surface area (Å²) in [5.41, 5.74) is -0.112. The fraction of sp³-hybridized carbons (Fsp3) is 0.353. The quantitative estimate of drug-likeness (QED) is 0.705. The molecule has 1 aromatic carbocycles. The maximum atomic E-state index is 12.4. The van der Waals surface area contributed by atoms with Gasteiger partial charge in [0.1, 0.15) is 28.3 Å². The van der Waals surface area contributed by atoms with Gasteiger partial charge in [-0.1, -0.05) is 30.0 Å².